The Morgan fingerprint density at radius 3 is 2.50 bits per heavy atom. The highest BCUT2D eigenvalue weighted by Crippen LogP contribution is 2.26. The van der Waals surface area contributed by atoms with Crippen LogP contribution in [0.3, 0.4) is 0 Å². The van der Waals surface area contributed by atoms with Crippen molar-refractivity contribution < 1.29 is 22.9 Å². The number of hydrogen-bond acceptors (Lipinski definition) is 4. The molecule has 8 nitrogen and oxygen atoms in total. The predicted molar refractivity (Wildman–Crippen MR) is 105 cm³/mol. The number of imide groups is 1. The van der Waals surface area contributed by atoms with Crippen molar-refractivity contribution in [3.05, 3.63) is 29.3 Å². The molecule has 1 aliphatic carbocycles. The monoisotopic (exact) mass is 409 g/mol. The zero-order valence-electron chi connectivity index (χ0n) is 16.5. The minimum Gasteiger partial charge on any atom is -0.336 e. The molecule has 0 unspecified atom stereocenters. The van der Waals surface area contributed by atoms with Crippen molar-refractivity contribution in [2.45, 2.75) is 44.0 Å². The molecule has 1 aliphatic heterocycles. The van der Waals surface area contributed by atoms with Gasteiger partial charge in [-0.1, -0.05) is 6.07 Å². The van der Waals surface area contributed by atoms with Gasteiger partial charge in [-0.15, -0.1) is 0 Å². The van der Waals surface area contributed by atoms with E-state index in [0.717, 1.165) is 29.7 Å². The SMILES string of the molecule is CC(C)NC(=O)NC(=O)C[NH+]1CCN(S(=O)(=O)c2ccc3c(c2)CCC3)CC1. The fraction of sp³-hybridized carbons (Fsp3) is 0.579. The number of carbonyl (C=O) groups excluding carboxylic acids is 2. The molecule has 0 bridgehead atoms. The van der Waals surface area contributed by atoms with Crippen LogP contribution in [0.5, 0.6) is 0 Å². The summed E-state index contributed by atoms with van der Waals surface area (Å²) in [5.74, 6) is -0.358. The number of benzene rings is 1. The average molecular weight is 410 g/mol. The number of rotatable bonds is 5. The Balaban J connectivity index is 1.53. The fourth-order valence-electron chi connectivity index (χ4n) is 3.77. The zero-order chi connectivity index (χ0) is 20.3. The molecule has 1 aromatic rings. The lowest BCUT2D eigenvalue weighted by Gasteiger charge is -2.31. The summed E-state index contributed by atoms with van der Waals surface area (Å²) in [6, 6.07) is 4.91. The summed E-state index contributed by atoms with van der Waals surface area (Å²) in [6.45, 7) is 5.57. The van der Waals surface area contributed by atoms with Crippen LogP contribution in [-0.2, 0) is 27.7 Å². The highest BCUT2D eigenvalue weighted by atomic mass is 32.2. The van der Waals surface area contributed by atoms with Crippen LogP contribution < -0.4 is 15.5 Å². The molecule has 0 spiro atoms. The van der Waals surface area contributed by atoms with Crippen LogP contribution in [0.15, 0.2) is 23.1 Å². The Morgan fingerprint density at radius 2 is 1.82 bits per heavy atom. The second-order valence-electron chi connectivity index (χ2n) is 7.79. The summed E-state index contributed by atoms with van der Waals surface area (Å²) in [7, 11) is -3.51. The number of amides is 3. The molecular formula is C19H29N4O4S+. The van der Waals surface area contributed by atoms with Gasteiger partial charge in [-0.25, -0.2) is 13.2 Å². The Morgan fingerprint density at radius 1 is 1.14 bits per heavy atom. The van der Waals surface area contributed by atoms with E-state index in [1.54, 1.807) is 6.07 Å². The Bertz CT molecular complexity index is 845. The molecule has 1 fully saturated rings. The first kappa shape index (κ1) is 20.8. The maximum absolute atomic E-state index is 12.9. The molecular weight excluding hydrogens is 380 g/mol. The van der Waals surface area contributed by atoms with Crippen molar-refractivity contribution in [2.24, 2.45) is 0 Å². The molecule has 1 heterocycles. The average Bonchev–Trinajstić information content (AvgIpc) is 3.09. The van der Waals surface area contributed by atoms with Crippen LogP contribution in [-0.4, -0.2) is 63.4 Å². The molecule has 3 amide bonds. The fourth-order valence-corrected chi connectivity index (χ4v) is 5.27. The first-order chi connectivity index (χ1) is 13.3. The molecule has 0 aromatic heterocycles. The van der Waals surface area contributed by atoms with Crippen molar-refractivity contribution in [3.8, 4) is 0 Å². The van der Waals surface area contributed by atoms with Crippen molar-refractivity contribution in [1.29, 1.82) is 0 Å². The van der Waals surface area contributed by atoms with E-state index in [-0.39, 0.29) is 18.5 Å². The molecule has 3 N–H and O–H groups in total. The predicted octanol–water partition coefficient (Wildman–Crippen LogP) is -0.701. The molecule has 1 aromatic carbocycles. The van der Waals surface area contributed by atoms with Crippen LogP contribution in [0.1, 0.15) is 31.4 Å². The number of nitrogens with zero attached hydrogens (tertiary/aromatic N) is 1. The summed E-state index contributed by atoms with van der Waals surface area (Å²) >= 11 is 0. The number of aryl methyl sites for hydroxylation is 2. The number of piperazine rings is 1. The van der Waals surface area contributed by atoms with Crippen LogP contribution >= 0.6 is 0 Å². The van der Waals surface area contributed by atoms with Gasteiger partial charge in [-0.05, 0) is 56.4 Å². The van der Waals surface area contributed by atoms with E-state index < -0.39 is 16.1 Å². The van der Waals surface area contributed by atoms with E-state index in [1.807, 2.05) is 26.0 Å². The molecule has 0 atom stereocenters. The topological polar surface area (TPSA) is 100 Å². The minimum absolute atomic E-state index is 0.0480. The van der Waals surface area contributed by atoms with Crippen molar-refractivity contribution in [1.82, 2.24) is 14.9 Å². The van der Waals surface area contributed by atoms with Crippen LogP contribution in [0.2, 0.25) is 0 Å². The standard InChI is InChI=1S/C19H28N4O4S/c1-14(2)20-19(25)21-18(24)13-22-8-10-23(11-9-22)28(26,27)17-7-6-15-4-3-5-16(15)12-17/h6-7,12,14H,3-5,8-11,13H2,1-2H3,(H2,20,21,24,25)/p+1. The molecule has 0 saturated carbocycles. The van der Waals surface area contributed by atoms with Gasteiger partial charge in [-0.3, -0.25) is 10.1 Å². The van der Waals surface area contributed by atoms with E-state index >= 15 is 0 Å². The minimum atomic E-state index is -3.51. The maximum Gasteiger partial charge on any atom is 0.321 e. The number of quaternary nitrogens is 1. The molecule has 3 rings (SSSR count). The smallest absolute Gasteiger partial charge is 0.321 e. The number of hydrogen-bond donors (Lipinski definition) is 3. The lowest BCUT2D eigenvalue weighted by molar-refractivity contribution is -0.895. The number of sulfonamides is 1. The summed E-state index contributed by atoms with van der Waals surface area (Å²) < 4.78 is 27.4. The Labute approximate surface area is 166 Å². The third-order valence-corrected chi connectivity index (χ3v) is 7.12. The second kappa shape index (κ2) is 8.59. The third kappa shape index (κ3) is 4.89. The largest absolute Gasteiger partial charge is 0.336 e. The lowest BCUT2D eigenvalue weighted by atomic mass is 10.1. The Hall–Kier alpha value is -1.97. The number of fused-ring (bicyclic) bond motifs is 1. The van der Waals surface area contributed by atoms with Gasteiger partial charge in [0.15, 0.2) is 6.54 Å². The van der Waals surface area contributed by atoms with Gasteiger partial charge in [0.05, 0.1) is 31.1 Å². The molecule has 0 radical (unpaired) electrons. The van der Waals surface area contributed by atoms with E-state index in [0.29, 0.717) is 31.1 Å². The molecule has 28 heavy (non-hydrogen) atoms. The molecule has 154 valence electrons. The van der Waals surface area contributed by atoms with Crippen LogP contribution in [0.25, 0.3) is 0 Å². The second-order valence-corrected chi connectivity index (χ2v) is 9.73. The van der Waals surface area contributed by atoms with Crippen molar-refractivity contribution >= 4 is 22.0 Å². The van der Waals surface area contributed by atoms with E-state index in [9.17, 15) is 18.0 Å². The zero-order valence-corrected chi connectivity index (χ0v) is 17.3. The van der Waals surface area contributed by atoms with Gasteiger partial charge >= 0.3 is 6.03 Å². The molecule has 2 aliphatic rings. The summed E-state index contributed by atoms with van der Waals surface area (Å²) in [5.41, 5.74) is 2.39. The van der Waals surface area contributed by atoms with Gasteiger partial charge in [0.1, 0.15) is 0 Å². The number of nitrogens with one attached hydrogen (secondary N) is 3. The van der Waals surface area contributed by atoms with Crippen molar-refractivity contribution in [3.63, 3.8) is 0 Å². The van der Waals surface area contributed by atoms with Crippen LogP contribution in [0.4, 0.5) is 4.79 Å². The van der Waals surface area contributed by atoms with Crippen LogP contribution in [0, 0.1) is 0 Å². The highest BCUT2D eigenvalue weighted by Gasteiger charge is 2.32. The van der Waals surface area contributed by atoms with Crippen molar-refractivity contribution in [2.75, 3.05) is 32.7 Å². The highest BCUT2D eigenvalue weighted by molar-refractivity contribution is 7.89. The van der Waals surface area contributed by atoms with Gasteiger partial charge in [-0.2, -0.15) is 4.31 Å². The maximum atomic E-state index is 12.9. The third-order valence-electron chi connectivity index (χ3n) is 5.22. The normalized spacial score (nSPS) is 18.1. The molecule has 9 heteroatoms. The Kier molecular flexibility index (Phi) is 6.36. The number of carbonyl (C=O) groups is 2. The van der Waals surface area contributed by atoms with Gasteiger partial charge in [0.2, 0.25) is 10.0 Å². The van der Waals surface area contributed by atoms with Gasteiger partial charge in [0.25, 0.3) is 5.91 Å². The first-order valence-corrected chi connectivity index (χ1v) is 11.3. The summed E-state index contributed by atoms with van der Waals surface area (Å²) in [6.07, 6.45) is 3.04. The quantitative estimate of drug-likeness (QED) is 0.599. The van der Waals surface area contributed by atoms with E-state index in [4.69, 9.17) is 0 Å². The van der Waals surface area contributed by atoms with Gasteiger partial charge in [0, 0.05) is 6.04 Å². The van der Waals surface area contributed by atoms with E-state index in [2.05, 4.69) is 10.6 Å². The first-order valence-electron chi connectivity index (χ1n) is 9.81. The summed E-state index contributed by atoms with van der Waals surface area (Å²) in [4.78, 5) is 24.9. The molecule has 1 saturated heterocycles. The lowest BCUT2D eigenvalue weighted by Crippen LogP contribution is -3.15. The van der Waals surface area contributed by atoms with Gasteiger partial charge < -0.3 is 10.2 Å². The van der Waals surface area contributed by atoms with E-state index in [1.165, 1.54) is 9.87 Å². The summed E-state index contributed by atoms with van der Waals surface area (Å²) in [5, 5.41) is 4.91. The number of urea groups is 1.